The number of ether oxygens (including phenoxy) is 2. The zero-order valence-electron chi connectivity index (χ0n) is 16.7. The number of methoxy groups -OCH3 is 1. The van der Waals surface area contributed by atoms with Crippen LogP contribution in [0.2, 0.25) is 5.02 Å². The average molecular weight is 423 g/mol. The van der Waals surface area contributed by atoms with Crippen LogP contribution in [0.25, 0.3) is 11.0 Å². The molecule has 30 heavy (non-hydrogen) atoms. The smallest absolute Gasteiger partial charge is 0.119 e. The van der Waals surface area contributed by atoms with Crippen molar-refractivity contribution in [2.75, 3.05) is 13.7 Å². The van der Waals surface area contributed by atoms with E-state index in [4.69, 9.17) is 26.1 Å². The molecule has 0 aliphatic rings. The van der Waals surface area contributed by atoms with E-state index in [0.29, 0.717) is 23.7 Å². The van der Waals surface area contributed by atoms with E-state index in [1.807, 2.05) is 48.5 Å². The molecular formula is C24H23ClN2O3. The first-order valence-electron chi connectivity index (χ1n) is 9.76. The first-order valence-corrected chi connectivity index (χ1v) is 10.1. The molecule has 0 aliphatic heterocycles. The first kappa shape index (κ1) is 20.3. The van der Waals surface area contributed by atoms with Crippen LogP contribution < -0.4 is 9.47 Å². The van der Waals surface area contributed by atoms with Gasteiger partial charge in [-0.1, -0.05) is 35.9 Å². The molecule has 0 radical (unpaired) electrons. The lowest BCUT2D eigenvalue weighted by Crippen LogP contribution is -2.24. The summed E-state index contributed by atoms with van der Waals surface area (Å²) in [5.74, 6) is 2.39. The highest BCUT2D eigenvalue weighted by Gasteiger charge is 2.15. The molecule has 3 aromatic carbocycles. The van der Waals surface area contributed by atoms with Gasteiger partial charge in [0.1, 0.15) is 30.0 Å². The van der Waals surface area contributed by atoms with Gasteiger partial charge in [-0.05, 0) is 54.1 Å². The third-order valence-electron chi connectivity index (χ3n) is 4.90. The highest BCUT2D eigenvalue weighted by atomic mass is 35.5. The molecule has 1 aromatic heterocycles. The van der Waals surface area contributed by atoms with Gasteiger partial charge in [0.25, 0.3) is 0 Å². The lowest BCUT2D eigenvalue weighted by Gasteiger charge is -2.16. The van der Waals surface area contributed by atoms with E-state index in [9.17, 15) is 5.11 Å². The molecule has 0 saturated heterocycles. The van der Waals surface area contributed by atoms with Crippen LogP contribution in [0.3, 0.4) is 0 Å². The third kappa shape index (κ3) is 4.75. The fraction of sp³-hybridized carbons (Fsp3) is 0.208. The topological polar surface area (TPSA) is 56.5 Å². The molecule has 6 heteroatoms. The van der Waals surface area contributed by atoms with Crippen LogP contribution in [0.15, 0.2) is 72.8 Å². The summed E-state index contributed by atoms with van der Waals surface area (Å²) in [6.45, 7) is 0.565. The molecule has 0 aliphatic carbocycles. The standard InChI is InChI=1S/C24H23ClN2O3/c1-29-20-10-6-17(7-11-20)14-24-26-22-4-2-3-5-23(22)27(24)15-19(28)16-30-21-12-8-18(25)9-13-21/h2-13,19,28H,14-16H2,1H3/t19-/m0/s1. The summed E-state index contributed by atoms with van der Waals surface area (Å²) in [5, 5.41) is 11.3. The molecule has 0 saturated carbocycles. The number of nitrogens with zero attached hydrogens (tertiary/aromatic N) is 2. The van der Waals surface area contributed by atoms with Gasteiger partial charge in [0.05, 0.1) is 24.7 Å². The van der Waals surface area contributed by atoms with Crippen molar-refractivity contribution in [1.29, 1.82) is 0 Å². The summed E-state index contributed by atoms with van der Waals surface area (Å²) < 4.78 is 13.0. The summed E-state index contributed by atoms with van der Waals surface area (Å²) in [7, 11) is 1.65. The number of para-hydroxylation sites is 2. The predicted molar refractivity (Wildman–Crippen MR) is 118 cm³/mol. The van der Waals surface area contributed by atoms with Gasteiger partial charge in [-0.25, -0.2) is 4.98 Å². The fourth-order valence-corrected chi connectivity index (χ4v) is 3.50. The van der Waals surface area contributed by atoms with Crippen molar-refractivity contribution in [2.24, 2.45) is 0 Å². The second kappa shape index (κ2) is 9.20. The summed E-state index contributed by atoms with van der Waals surface area (Å²) in [6.07, 6.45) is -0.0309. The maximum atomic E-state index is 10.6. The zero-order valence-corrected chi connectivity index (χ0v) is 17.4. The molecule has 0 spiro atoms. The van der Waals surface area contributed by atoms with Crippen molar-refractivity contribution in [2.45, 2.75) is 19.1 Å². The van der Waals surface area contributed by atoms with Crippen molar-refractivity contribution in [3.05, 3.63) is 89.2 Å². The van der Waals surface area contributed by atoms with E-state index in [1.165, 1.54) is 0 Å². The third-order valence-corrected chi connectivity index (χ3v) is 5.16. The van der Waals surface area contributed by atoms with E-state index in [2.05, 4.69) is 4.57 Å². The highest BCUT2D eigenvalue weighted by Crippen LogP contribution is 2.21. The number of halogens is 1. The molecule has 0 fully saturated rings. The lowest BCUT2D eigenvalue weighted by atomic mass is 10.1. The minimum Gasteiger partial charge on any atom is -0.497 e. The Kier molecular flexibility index (Phi) is 6.21. The van der Waals surface area contributed by atoms with Crippen LogP contribution in [0.4, 0.5) is 0 Å². The Morgan fingerprint density at radius 3 is 2.40 bits per heavy atom. The van der Waals surface area contributed by atoms with Crippen molar-refractivity contribution in [3.8, 4) is 11.5 Å². The van der Waals surface area contributed by atoms with Crippen molar-refractivity contribution in [3.63, 3.8) is 0 Å². The van der Waals surface area contributed by atoms with Gasteiger partial charge < -0.3 is 19.1 Å². The second-order valence-corrected chi connectivity index (χ2v) is 7.51. The van der Waals surface area contributed by atoms with Crippen LogP contribution in [0, 0.1) is 0 Å². The zero-order chi connectivity index (χ0) is 20.9. The van der Waals surface area contributed by atoms with Gasteiger partial charge in [-0.3, -0.25) is 0 Å². The van der Waals surface area contributed by atoms with Crippen molar-refractivity contribution < 1.29 is 14.6 Å². The number of rotatable bonds is 8. The molecule has 1 heterocycles. The van der Waals surface area contributed by atoms with Gasteiger partial charge in [-0.15, -0.1) is 0 Å². The van der Waals surface area contributed by atoms with Gasteiger partial charge >= 0.3 is 0 Å². The van der Waals surface area contributed by atoms with Gasteiger partial charge in [0.2, 0.25) is 0 Å². The minimum atomic E-state index is -0.687. The number of fused-ring (bicyclic) bond motifs is 1. The van der Waals surface area contributed by atoms with E-state index >= 15 is 0 Å². The summed E-state index contributed by atoms with van der Waals surface area (Å²) in [6, 6.07) is 23.0. The Labute approximate surface area is 180 Å². The SMILES string of the molecule is COc1ccc(Cc2nc3ccccc3n2C[C@H](O)COc2ccc(Cl)cc2)cc1. The molecular weight excluding hydrogens is 400 g/mol. The van der Waals surface area contributed by atoms with Gasteiger partial charge in [0.15, 0.2) is 0 Å². The van der Waals surface area contributed by atoms with Gasteiger partial charge in [-0.2, -0.15) is 0 Å². The highest BCUT2D eigenvalue weighted by molar-refractivity contribution is 6.30. The Morgan fingerprint density at radius 1 is 0.967 bits per heavy atom. The molecule has 1 N–H and O–H groups in total. The van der Waals surface area contributed by atoms with Crippen molar-refractivity contribution in [1.82, 2.24) is 9.55 Å². The fourth-order valence-electron chi connectivity index (χ4n) is 3.38. The first-order chi connectivity index (χ1) is 14.6. The maximum Gasteiger partial charge on any atom is 0.119 e. The molecule has 4 rings (SSSR count). The second-order valence-electron chi connectivity index (χ2n) is 7.07. The monoisotopic (exact) mass is 422 g/mol. The molecule has 0 bridgehead atoms. The summed E-state index contributed by atoms with van der Waals surface area (Å²) in [5.41, 5.74) is 3.03. The lowest BCUT2D eigenvalue weighted by molar-refractivity contribution is 0.0928. The van der Waals surface area contributed by atoms with Gasteiger partial charge in [0, 0.05) is 11.4 Å². The summed E-state index contributed by atoms with van der Waals surface area (Å²) >= 11 is 5.90. The normalized spacial score (nSPS) is 12.1. The van der Waals surface area contributed by atoms with Crippen molar-refractivity contribution >= 4 is 22.6 Å². The van der Waals surface area contributed by atoms with Crippen LogP contribution >= 0.6 is 11.6 Å². The largest absolute Gasteiger partial charge is 0.497 e. The van der Waals surface area contributed by atoms with Crippen LogP contribution in [0.1, 0.15) is 11.4 Å². The average Bonchev–Trinajstić information content (AvgIpc) is 3.11. The van der Waals surface area contributed by atoms with E-state index in [1.54, 1.807) is 31.4 Å². The maximum absolute atomic E-state index is 10.6. The Hall–Kier alpha value is -3.02. The Morgan fingerprint density at radius 2 is 1.67 bits per heavy atom. The Bertz CT molecular complexity index is 1110. The number of aromatic nitrogens is 2. The molecule has 0 unspecified atom stereocenters. The Balaban J connectivity index is 1.52. The molecule has 5 nitrogen and oxygen atoms in total. The summed E-state index contributed by atoms with van der Waals surface area (Å²) in [4.78, 5) is 4.80. The number of imidazole rings is 1. The molecule has 154 valence electrons. The number of benzene rings is 3. The van der Waals surface area contributed by atoms with Crippen LogP contribution in [0.5, 0.6) is 11.5 Å². The quantitative estimate of drug-likeness (QED) is 0.446. The number of hydrogen-bond acceptors (Lipinski definition) is 4. The number of hydrogen-bond donors (Lipinski definition) is 1. The van der Waals surface area contributed by atoms with E-state index in [0.717, 1.165) is 28.2 Å². The molecule has 1 atom stereocenters. The minimum absolute atomic E-state index is 0.177. The number of aliphatic hydroxyl groups is 1. The molecule has 0 amide bonds. The van der Waals surface area contributed by atoms with Crippen LogP contribution in [-0.4, -0.2) is 34.5 Å². The van der Waals surface area contributed by atoms with E-state index in [-0.39, 0.29) is 6.61 Å². The van der Waals surface area contributed by atoms with Crippen LogP contribution in [-0.2, 0) is 13.0 Å². The van der Waals surface area contributed by atoms with E-state index < -0.39 is 6.10 Å². The number of aliphatic hydroxyl groups excluding tert-OH is 1. The molecule has 4 aromatic rings. The predicted octanol–water partition coefficient (Wildman–Crippen LogP) is 4.73.